The predicted molar refractivity (Wildman–Crippen MR) is 264 cm³/mol. The zero-order valence-electron chi connectivity index (χ0n) is 39.9. The number of amides is 4. The van der Waals surface area contributed by atoms with Gasteiger partial charge in [0.05, 0.1) is 36.4 Å². The molecule has 9 rings (SSSR count). The average Bonchev–Trinajstić information content (AvgIpc) is 4.15. The SMILES string of the molecule is C=CCCN(Cc1ncc(-c2cc3c4c(c2)OCc2cc(-c5cnc([C@@H]6CCCN6C(=O)[C@H](NC(=O)CC(C)C)c6ccccc6)[nH]5)cc(c2-4)OC3)[nH]1)C(=O)[C@H](NC(=O)CC(C)C)C1C=CC=CC1. The van der Waals surface area contributed by atoms with Crippen molar-refractivity contribution in [3.05, 3.63) is 132 Å². The van der Waals surface area contributed by atoms with Crippen LogP contribution in [0.15, 0.2) is 104 Å². The van der Waals surface area contributed by atoms with Crippen molar-refractivity contribution in [1.29, 1.82) is 0 Å². The topological polar surface area (TPSA) is 175 Å². The number of nitrogens with zero attached hydrogens (tertiary/aromatic N) is 4. The van der Waals surface area contributed by atoms with Gasteiger partial charge in [0.2, 0.25) is 23.6 Å². The molecule has 69 heavy (non-hydrogen) atoms. The number of hydrogen-bond donors (Lipinski definition) is 4. The Balaban J connectivity index is 0.922. The minimum absolute atomic E-state index is 0.138. The van der Waals surface area contributed by atoms with Gasteiger partial charge in [0, 0.05) is 65.2 Å². The number of carbonyl (C=O) groups is 4. The highest BCUT2D eigenvalue weighted by atomic mass is 16.5. The van der Waals surface area contributed by atoms with Crippen LogP contribution in [0.4, 0.5) is 0 Å². The van der Waals surface area contributed by atoms with E-state index in [0.29, 0.717) is 63.6 Å². The van der Waals surface area contributed by atoms with Crippen molar-refractivity contribution in [2.75, 3.05) is 13.1 Å². The summed E-state index contributed by atoms with van der Waals surface area (Å²) >= 11 is 0. The second-order valence-electron chi connectivity index (χ2n) is 19.4. The highest BCUT2D eigenvalue weighted by molar-refractivity contribution is 5.91. The highest BCUT2D eigenvalue weighted by Crippen LogP contribution is 2.51. The summed E-state index contributed by atoms with van der Waals surface area (Å²) in [7, 11) is 0. The van der Waals surface area contributed by atoms with E-state index in [1.54, 1.807) is 17.2 Å². The third-order valence-electron chi connectivity index (χ3n) is 13.2. The molecular formula is C55H62N8O6. The van der Waals surface area contributed by atoms with Crippen molar-refractivity contribution in [3.63, 3.8) is 0 Å². The van der Waals surface area contributed by atoms with Gasteiger partial charge in [0.25, 0.3) is 0 Å². The lowest BCUT2D eigenvalue weighted by Crippen LogP contribution is -2.52. The molecule has 0 bridgehead atoms. The molecule has 4 aliphatic rings. The zero-order valence-corrected chi connectivity index (χ0v) is 39.9. The molecule has 5 aromatic rings. The maximum atomic E-state index is 14.3. The maximum Gasteiger partial charge on any atom is 0.250 e. The molecule has 0 radical (unpaired) electrons. The number of hydrogen-bond acceptors (Lipinski definition) is 8. The number of nitrogens with one attached hydrogen (secondary N) is 4. The Morgan fingerprint density at radius 3 is 2.14 bits per heavy atom. The number of aromatic amines is 2. The maximum absolute atomic E-state index is 14.3. The summed E-state index contributed by atoms with van der Waals surface area (Å²) in [6.45, 7) is 13.7. The number of rotatable bonds is 18. The van der Waals surface area contributed by atoms with Crippen LogP contribution in [0.2, 0.25) is 0 Å². The largest absolute Gasteiger partial charge is 0.488 e. The molecule has 358 valence electrons. The Bertz CT molecular complexity index is 2740. The van der Waals surface area contributed by atoms with Crippen molar-refractivity contribution >= 4 is 23.6 Å². The van der Waals surface area contributed by atoms with E-state index in [1.807, 2.05) is 106 Å². The molecule has 1 fully saturated rings. The van der Waals surface area contributed by atoms with E-state index in [0.717, 1.165) is 74.7 Å². The van der Waals surface area contributed by atoms with Gasteiger partial charge in [0.1, 0.15) is 48.4 Å². The lowest BCUT2D eigenvalue weighted by molar-refractivity contribution is -0.138. The first kappa shape index (κ1) is 46.9. The average molecular weight is 931 g/mol. The molecule has 4 atom stereocenters. The Labute approximate surface area is 403 Å². The summed E-state index contributed by atoms with van der Waals surface area (Å²) < 4.78 is 13.0. The number of H-pyrrole nitrogens is 2. The Kier molecular flexibility index (Phi) is 14.0. The van der Waals surface area contributed by atoms with E-state index in [2.05, 4.69) is 39.3 Å². The van der Waals surface area contributed by atoms with Crippen molar-refractivity contribution < 1.29 is 28.7 Å². The quantitative estimate of drug-likeness (QED) is 0.0630. The first-order valence-corrected chi connectivity index (χ1v) is 24.3. The van der Waals surface area contributed by atoms with E-state index in [-0.39, 0.29) is 54.0 Å². The molecule has 5 heterocycles. The third-order valence-corrected chi connectivity index (χ3v) is 13.2. The minimum atomic E-state index is -0.795. The van der Waals surface area contributed by atoms with Crippen LogP contribution in [0.5, 0.6) is 11.5 Å². The van der Waals surface area contributed by atoms with E-state index < -0.39 is 12.1 Å². The number of allylic oxidation sites excluding steroid dienone is 3. The second-order valence-corrected chi connectivity index (χ2v) is 19.4. The van der Waals surface area contributed by atoms with Crippen LogP contribution in [0.25, 0.3) is 33.6 Å². The Hall–Kier alpha value is -7.22. The summed E-state index contributed by atoms with van der Waals surface area (Å²) in [5.41, 5.74) is 8.11. The van der Waals surface area contributed by atoms with Gasteiger partial charge in [-0.25, -0.2) is 9.97 Å². The summed E-state index contributed by atoms with van der Waals surface area (Å²) in [4.78, 5) is 74.8. The van der Waals surface area contributed by atoms with Crippen LogP contribution in [0.3, 0.4) is 0 Å². The molecule has 3 aliphatic heterocycles. The molecule has 0 spiro atoms. The molecule has 14 nitrogen and oxygen atoms in total. The van der Waals surface area contributed by atoms with Crippen LogP contribution in [-0.2, 0) is 38.9 Å². The third kappa shape index (κ3) is 10.3. The van der Waals surface area contributed by atoms with Gasteiger partial charge in [-0.3, -0.25) is 19.2 Å². The van der Waals surface area contributed by atoms with Gasteiger partial charge in [0.15, 0.2) is 0 Å². The second kappa shape index (κ2) is 20.6. The molecule has 1 aliphatic carbocycles. The van der Waals surface area contributed by atoms with Crippen LogP contribution < -0.4 is 20.1 Å². The van der Waals surface area contributed by atoms with Gasteiger partial charge in [-0.1, -0.05) is 88.4 Å². The fraction of sp³-hybridized carbons (Fsp3) is 0.382. The highest BCUT2D eigenvalue weighted by Gasteiger charge is 2.38. The van der Waals surface area contributed by atoms with Gasteiger partial charge in [-0.15, -0.1) is 6.58 Å². The van der Waals surface area contributed by atoms with Crippen LogP contribution in [0.1, 0.15) is 107 Å². The van der Waals surface area contributed by atoms with Gasteiger partial charge >= 0.3 is 0 Å². The fourth-order valence-corrected chi connectivity index (χ4v) is 9.93. The normalized spacial score (nSPS) is 17.4. The van der Waals surface area contributed by atoms with E-state index in [1.165, 1.54) is 0 Å². The van der Waals surface area contributed by atoms with E-state index in [9.17, 15) is 19.2 Å². The van der Waals surface area contributed by atoms with Crippen molar-refractivity contribution in [1.82, 2.24) is 40.4 Å². The van der Waals surface area contributed by atoms with Crippen LogP contribution in [-0.4, -0.2) is 72.5 Å². The zero-order chi connectivity index (χ0) is 48.2. The van der Waals surface area contributed by atoms with Crippen LogP contribution >= 0.6 is 0 Å². The van der Waals surface area contributed by atoms with E-state index >= 15 is 0 Å². The Morgan fingerprint density at radius 2 is 1.51 bits per heavy atom. The molecule has 4 N–H and O–H groups in total. The van der Waals surface area contributed by atoms with Crippen molar-refractivity contribution in [2.24, 2.45) is 17.8 Å². The van der Waals surface area contributed by atoms with Gasteiger partial charge in [-0.05, 0) is 67.3 Å². The number of likely N-dealkylation sites (tertiary alicyclic amines) is 1. The molecule has 14 heteroatoms. The summed E-state index contributed by atoms with van der Waals surface area (Å²) in [6, 6.07) is 15.9. The molecule has 3 aromatic carbocycles. The lowest BCUT2D eigenvalue weighted by Gasteiger charge is -2.31. The first-order valence-electron chi connectivity index (χ1n) is 24.3. The van der Waals surface area contributed by atoms with Crippen molar-refractivity contribution in [3.8, 4) is 45.1 Å². The molecule has 1 unspecified atom stereocenters. The summed E-state index contributed by atoms with van der Waals surface area (Å²) in [6.07, 6.45) is 16.8. The number of benzene rings is 3. The smallest absolute Gasteiger partial charge is 0.250 e. The molecule has 1 saturated heterocycles. The van der Waals surface area contributed by atoms with Crippen LogP contribution in [0, 0.1) is 17.8 Å². The standard InChI is InChI=1S/C55H62N8O6/c1-6-7-20-62(54(66)51(35-15-10-8-11-16-35)60-47(64)22-33(2)3)30-46-56-28-41(58-46)37-24-39-31-69-45-27-38(25-40-32-68-44(26-37)49(39)50(40)45)42-29-57-53(59-42)43-19-14-21-63(43)55(67)52(36-17-12-9-13-18-36)61-48(65)23-34(4)5/h6,8-13,15,17-18,24-29,33-35,43,51-52H,1,7,14,16,19-23,30-32H2,2-5H3,(H,56,58)(H,57,59)(H,60,64)(H,61,65)/t35?,43-,51+,52+/m0/s1. The summed E-state index contributed by atoms with van der Waals surface area (Å²) in [5.74, 6) is 2.40. The van der Waals surface area contributed by atoms with E-state index in [4.69, 9.17) is 19.4 Å². The minimum Gasteiger partial charge on any atom is -0.488 e. The molecular weight excluding hydrogens is 869 g/mol. The number of carbonyl (C=O) groups excluding carboxylic acids is 4. The number of aromatic nitrogens is 4. The predicted octanol–water partition coefficient (Wildman–Crippen LogP) is 9.05. The monoisotopic (exact) mass is 930 g/mol. The van der Waals surface area contributed by atoms with Gasteiger partial charge in [-0.2, -0.15) is 0 Å². The number of imidazole rings is 2. The lowest BCUT2D eigenvalue weighted by atomic mass is 9.87. The molecule has 0 saturated carbocycles. The molecule has 4 amide bonds. The van der Waals surface area contributed by atoms with Gasteiger partial charge < -0.3 is 39.9 Å². The van der Waals surface area contributed by atoms with Crippen molar-refractivity contribution in [2.45, 2.75) is 104 Å². The summed E-state index contributed by atoms with van der Waals surface area (Å²) in [5, 5.41) is 6.09. The fourth-order valence-electron chi connectivity index (χ4n) is 9.93. The molecule has 2 aromatic heterocycles. The first-order chi connectivity index (χ1) is 33.4. The Morgan fingerprint density at radius 1 is 0.855 bits per heavy atom. The number of ether oxygens (including phenoxy) is 2.